The van der Waals surface area contributed by atoms with Gasteiger partial charge < -0.3 is 14.9 Å². The van der Waals surface area contributed by atoms with E-state index in [1.54, 1.807) is 0 Å². The van der Waals surface area contributed by atoms with Gasteiger partial charge >= 0.3 is 11.9 Å². The number of nitrogens with zero attached hydrogens (tertiary/aromatic N) is 2. The van der Waals surface area contributed by atoms with E-state index in [4.69, 9.17) is 5.11 Å². The second kappa shape index (κ2) is 4.39. The molecule has 0 spiro atoms. The third-order valence-electron chi connectivity index (χ3n) is 2.58. The van der Waals surface area contributed by atoms with Crippen molar-refractivity contribution in [1.82, 2.24) is 15.5 Å². The van der Waals surface area contributed by atoms with Crippen molar-refractivity contribution in [2.24, 2.45) is 5.92 Å². The van der Waals surface area contributed by atoms with Crippen molar-refractivity contribution in [3.63, 3.8) is 0 Å². The van der Waals surface area contributed by atoms with E-state index in [0.29, 0.717) is 18.2 Å². The van der Waals surface area contributed by atoms with E-state index in [1.807, 2.05) is 0 Å². The van der Waals surface area contributed by atoms with Crippen LogP contribution in [0.3, 0.4) is 0 Å². The average Bonchev–Trinajstić information content (AvgIpc) is 2.68. The standard InChI is InChI=1S/C9H13N3O3/c13-9(14)8-11-7(12-15-8)5-6-1-3-10-4-2-6/h6,10H,1-5H2,(H,13,14). The molecule has 6 nitrogen and oxygen atoms in total. The summed E-state index contributed by atoms with van der Waals surface area (Å²) in [4.78, 5) is 14.3. The Morgan fingerprint density at radius 1 is 1.53 bits per heavy atom. The molecule has 15 heavy (non-hydrogen) atoms. The van der Waals surface area contributed by atoms with Crippen molar-refractivity contribution in [2.75, 3.05) is 13.1 Å². The number of carbonyl (C=O) groups is 1. The number of aromatic carboxylic acids is 1. The molecule has 0 atom stereocenters. The zero-order valence-corrected chi connectivity index (χ0v) is 8.27. The van der Waals surface area contributed by atoms with Crippen LogP contribution in [0.25, 0.3) is 0 Å². The van der Waals surface area contributed by atoms with Gasteiger partial charge in [0.15, 0.2) is 5.82 Å². The predicted octanol–water partition coefficient (Wildman–Crippen LogP) is 0.310. The first-order chi connectivity index (χ1) is 7.25. The fourth-order valence-electron chi connectivity index (χ4n) is 1.77. The van der Waals surface area contributed by atoms with Crippen LogP contribution in [-0.4, -0.2) is 34.3 Å². The van der Waals surface area contributed by atoms with Gasteiger partial charge in [0, 0.05) is 6.42 Å². The molecule has 1 aromatic rings. The molecule has 1 saturated heterocycles. The van der Waals surface area contributed by atoms with E-state index in [2.05, 4.69) is 20.0 Å². The van der Waals surface area contributed by atoms with E-state index in [-0.39, 0.29) is 5.89 Å². The Morgan fingerprint density at radius 3 is 2.87 bits per heavy atom. The molecule has 0 radical (unpaired) electrons. The Labute approximate surface area is 86.7 Å². The molecule has 1 aliphatic rings. The first-order valence-corrected chi connectivity index (χ1v) is 5.02. The number of piperidine rings is 1. The molecule has 1 aliphatic heterocycles. The summed E-state index contributed by atoms with van der Waals surface area (Å²) in [6, 6.07) is 0. The van der Waals surface area contributed by atoms with E-state index in [0.717, 1.165) is 25.9 Å². The van der Waals surface area contributed by atoms with Gasteiger partial charge in [0.05, 0.1) is 0 Å². The van der Waals surface area contributed by atoms with Crippen LogP contribution in [-0.2, 0) is 6.42 Å². The van der Waals surface area contributed by atoms with Crippen LogP contribution >= 0.6 is 0 Å². The molecular weight excluding hydrogens is 198 g/mol. The molecule has 0 amide bonds. The Hall–Kier alpha value is -1.43. The summed E-state index contributed by atoms with van der Waals surface area (Å²) in [5.41, 5.74) is 0. The Bertz CT molecular complexity index is 344. The predicted molar refractivity (Wildman–Crippen MR) is 50.6 cm³/mol. The molecule has 2 rings (SSSR count). The first-order valence-electron chi connectivity index (χ1n) is 5.02. The molecular formula is C9H13N3O3. The van der Waals surface area contributed by atoms with Crippen LogP contribution in [0.1, 0.15) is 29.4 Å². The normalized spacial score (nSPS) is 17.9. The summed E-state index contributed by atoms with van der Waals surface area (Å²) in [7, 11) is 0. The van der Waals surface area contributed by atoms with Crippen molar-refractivity contribution >= 4 is 5.97 Å². The minimum Gasteiger partial charge on any atom is -0.474 e. The summed E-state index contributed by atoms with van der Waals surface area (Å²) in [5, 5.41) is 15.5. The highest BCUT2D eigenvalue weighted by atomic mass is 16.5. The second-order valence-corrected chi connectivity index (χ2v) is 3.72. The largest absolute Gasteiger partial charge is 0.474 e. The van der Waals surface area contributed by atoms with Crippen LogP contribution in [0, 0.1) is 5.92 Å². The van der Waals surface area contributed by atoms with Gasteiger partial charge in [-0.25, -0.2) is 4.79 Å². The molecule has 0 aliphatic carbocycles. The van der Waals surface area contributed by atoms with Gasteiger partial charge in [0.25, 0.3) is 0 Å². The van der Waals surface area contributed by atoms with Crippen molar-refractivity contribution in [2.45, 2.75) is 19.3 Å². The van der Waals surface area contributed by atoms with Gasteiger partial charge in [-0.2, -0.15) is 4.98 Å². The van der Waals surface area contributed by atoms with Crippen molar-refractivity contribution < 1.29 is 14.4 Å². The molecule has 0 unspecified atom stereocenters. The van der Waals surface area contributed by atoms with Gasteiger partial charge in [-0.05, 0) is 31.8 Å². The summed E-state index contributed by atoms with van der Waals surface area (Å²) in [6.07, 6.45) is 2.87. The van der Waals surface area contributed by atoms with Gasteiger partial charge in [0.2, 0.25) is 0 Å². The molecule has 82 valence electrons. The summed E-state index contributed by atoms with van der Waals surface area (Å²) in [5.74, 6) is -0.456. The van der Waals surface area contributed by atoms with E-state index in [9.17, 15) is 4.79 Å². The fraction of sp³-hybridized carbons (Fsp3) is 0.667. The average molecular weight is 211 g/mol. The van der Waals surface area contributed by atoms with Crippen LogP contribution in [0.2, 0.25) is 0 Å². The number of hydrogen-bond acceptors (Lipinski definition) is 5. The first kappa shape index (κ1) is 10.1. The Balaban J connectivity index is 1.94. The minimum absolute atomic E-state index is 0.320. The monoisotopic (exact) mass is 211 g/mol. The number of carboxylic acid groups (broad SMARTS) is 1. The topological polar surface area (TPSA) is 88.2 Å². The van der Waals surface area contributed by atoms with Gasteiger partial charge in [-0.15, -0.1) is 0 Å². The summed E-state index contributed by atoms with van der Waals surface area (Å²) >= 11 is 0. The maximum absolute atomic E-state index is 10.5. The summed E-state index contributed by atoms with van der Waals surface area (Å²) in [6.45, 7) is 2.02. The highest BCUT2D eigenvalue weighted by molar-refractivity contribution is 5.81. The highest BCUT2D eigenvalue weighted by Gasteiger charge is 2.18. The van der Waals surface area contributed by atoms with E-state index < -0.39 is 5.97 Å². The number of nitrogens with one attached hydrogen (secondary N) is 1. The van der Waals surface area contributed by atoms with Crippen molar-refractivity contribution in [3.05, 3.63) is 11.7 Å². The second-order valence-electron chi connectivity index (χ2n) is 3.72. The molecule has 0 aromatic carbocycles. The molecule has 6 heteroatoms. The third-order valence-corrected chi connectivity index (χ3v) is 2.58. The van der Waals surface area contributed by atoms with Crippen LogP contribution in [0.4, 0.5) is 0 Å². The number of aromatic nitrogens is 2. The van der Waals surface area contributed by atoms with Crippen LogP contribution in [0.15, 0.2) is 4.52 Å². The van der Waals surface area contributed by atoms with Crippen molar-refractivity contribution in [1.29, 1.82) is 0 Å². The third kappa shape index (κ3) is 2.53. The number of hydrogen-bond donors (Lipinski definition) is 2. The maximum Gasteiger partial charge on any atom is 0.394 e. The van der Waals surface area contributed by atoms with Crippen LogP contribution < -0.4 is 5.32 Å². The zero-order valence-electron chi connectivity index (χ0n) is 8.27. The van der Waals surface area contributed by atoms with Crippen LogP contribution in [0.5, 0.6) is 0 Å². The number of carboxylic acids is 1. The smallest absolute Gasteiger partial charge is 0.394 e. The lowest BCUT2D eigenvalue weighted by molar-refractivity contribution is 0.0643. The van der Waals surface area contributed by atoms with Crippen molar-refractivity contribution in [3.8, 4) is 0 Å². The Morgan fingerprint density at radius 2 is 2.27 bits per heavy atom. The molecule has 2 heterocycles. The van der Waals surface area contributed by atoms with E-state index >= 15 is 0 Å². The lowest BCUT2D eigenvalue weighted by Crippen LogP contribution is -2.28. The minimum atomic E-state index is -1.17. The molecule has 0 saturated carbocycles. The maximum atomic E-state index is 10.5. The highest BCUT2D eigenvalue weighted by Crippen LogP contribution is 2.16. The molecule has 0 bridgehead atoms. The lowest BCUT2D eigenvalue weighted by atomic mass is 9.94. The SMILES string of the molecule is O=C(O)c1nc(CC2CCNCC2)no1. The molecule has 2 N–H and O–H groups in total. The lowest BCUT2D eigenvalue weighted by Gasteiger charge is -2.20. The van der Waals surface area contributed by atoms with Gasteiger partial charge in [-0.3, -0.25) is 0 Å². The van der Waals surface area contributed by atoms with Gasteiger partial charge in [0.1, 0.15) is 0 Å². The number of rotatable bonds is 3. The Kier molecular flexibility index (Phi) is 2.96. The quantitative estimate of drug-likeness (QED) is 0.748. The van der Waals surface area contributed by atoms with Gasteiger partial charge in [-0.1, -0.05) is 5.16 Å². The summed E-state index contributed by atoms with van der Waals surface area (Å²) < 4.78 is 4.59. The zero-order chi connectivity index (χ0) is 10.7. The van der Waals surface area contributed by atoms with E-state index in [1.165, 1.54) is 0 Å². The molecule has 1 fully saturated rings. The fourth-order valence-corrected chi connectivity index (χ4v) is 1.77. The molecule has 1 aromatic heterocycles.